The van der Waals surface area contributed by atoms with Crippen LogP contribution in [0.4, 0.5) is 14.9 Å². The molecule has 4 nitrogen and oxygen atoms in total. The molecule has 2 saturated carbocycles. The highest BCUT2D eigenvalue weighted by Gasteiger charge is 2.32. The summed E-state index contributed by atoms with van der Waals surface area (Å²) in [5, 5.41) is 5.70. The standard InChI is InChI=1S/C18H25FN2O2S/c1-24(23)17-9-8-15(11-16(17)19)21-18(22)20-14-7-6-12-4-2-3-5-13(12)10-14/h8-9,11-14H,2-7,10H2,1H3,(H2,20,21,22). The lowest BCUT2D eigenvalue weighted by molar-refractivity contribution is 0.146. The molecular weight excluding hydrogens is 327 g/mol. The first-order chi connectivity index (χ1) is 11.5. The number of fused-ring (bicyclic) bond motifs is 1. The van der Waals surface area contributed by atoms with Crippen LogP contribution in [-0.2, 0) is 10.8 Å². The lowest BCUT2D eigenvalue weighted by Crippen LogP contribution is -2.43. The van der Waals surface area contributed by atoms with E-state index >= 15 is 0 Å². The Bertz CT molecular complexity index is 637. The number of hydrogen-bond acceptors (Lipinski definition) is 2. The lowest BCUT2D eigenvalue weighted by atomic mass is 9.69. The average molecular weight is 352 g/mol. The molecule has 132 valence electrons. The number of hydrogen-bond donors (Lipinski definition) is 2. The molecule has 0 spiro atoms. The van der Waals surface area contributed by atoms with Gasteiger partial charge in [0.1, 0.15) is 5.82 Å². The first-order valence-corrected chi connectivity index (χ1v) is 10.3. The van der Waals surface area contributed by atoms with Gasteiger partial charge in [-0.05, 0) is 49.3 Å². The molecule has 3 rings (SSSR count). The zero-order valence-corrected chi connectivity index (χ0v) is 14.8. The number of anilines is 1. The minimum absolute atomic E-state index is 0.150. The van der Waals surface area contributed by atoms with Gasteiger partial charge in [0.2, 0.25) is 0 Å². The van der Waals surface area contributed by atoms with Gasteiger partial charge in [-0.1, -0.05) is 25.7 Å². The minimum atomic E-state index is -1.37. The van der Waals surface area contributed by atoms with Gasteiger partial charge < -0.3 is 10.6 Å². The third kappa shape index (κ3) is 4.15. The van der Waals surface area contributed by atoms with Crippen molar-refractivity contribution in [2.24, 2.45) is 11.8 Å². The molecular formula is C18H25FN2O2S. The fourth-order valence-electron chi connectivity index (χ4n) is 4.17. The molecule has 2 aliphatic rings. The molecule has 0 heterocycles. The average Bonchev–Trinajstić information content (AvgIpc) is 2.54. The van der Waals surface area contributed by atoms with Crippen molar-refractivity contribution in [1.29, 1.82) is 0 Å². The maximum atomic E-state index is 13.8. The maximum absolute atomic E-state index is 13.8. The van der Waals surface area contributed by atoms with Crippen molar-refractivity contribution in [3.8, 4) is 0 Å². The summed E-state index contributed by atoms with van der Waals surface area (Å²) in [7, 11) is -1.37. The van der Waals surface area contributed by atoms with E-state index in [9.17, 15) is 13.4 Å². The van der Waals surface area contributed by atoms with E-state index in [1.54, 1.807) is 6.07 Å². The predicted octanol–water partition coefficient (Wildman–Crippen LogP) is 4.04. The molecule has 2 fully saturated rings. The van der Waals surface area contributed by atoms with Crippen LogP contribution in [0.2, 0.25) is 0 Å². The Kier molecular flexibility index (Phi) is 5.54. The molecule has 24 heavy (non-hydrogen) atoms. The molecule has 2 amide bonds. The van der Waals surface area contributed by atoms with Gasteiger partial charge in [0.15, 0.2) is 0 Å². The van der Waals surface area contributed by atoms with Gasteiger partial charge in [0, 0.05) is 18.0 Å². The number of amides is 2. The maximum Gasteiger partial charge on any atom is 0.319 e. The van der Waals surface area contributed by atoms with Crippen LogP contribution in [0, 0.1) is 17.7 Å². The monoisotopic (exact) mass is 352 g/mol. The second kappa shape index (κ2) is 7.64. The van der Waals surface area contributed by atoms with Crippen molar-refractivity contribution in [2.45, 2.75) is 55.9 Å². The third-order valence-electron chi connectivity index (χ3n) is 5.37. The first kappa shape index (κ1) is 17.4. The Morgan fingerprint density at radius 3 is 2.62 bits per heavy atom. The highest BCUT2D eigenvalue weighted by molar-refractivity contribution is 7.84. The smallest absolute Gasteiger partial charge is 0.319 e. The lowest BCUT2D eigenvalue weighted by Gasteiger charge is -2.39. The summed E-state index contributed by atoms with van der Waals surface area (Å²) in [5.41, 5.74) is 0.380. The van der Waals surface area contributed by atoms with E-state index in [0.717, 1.165) is 24.7 Å². The van der Waals surface area contributed by atoms with Gasteiger partial charge in [-0.2, -0.15) is 0 Å². The minimum Gasteiger partial charge on any atom is -0.335 e. The molecule has 0 radical (unpaired) electrons. The van der Waals surface area contributed by atoms with Crippen LogP contribution in [0.25, 0.3) is 0 Å². The van der Waals surface area contributed by atoms with Crippen molar-refractivity contribution in [1.82, 2.24) is 5.32 Å². The number of halogens is 1. The topological polar surface area (TPSA) is 58.2 Å². The fraction of sp³-hybridized carbons (Fsp3) is 0.611. The molecule has 2 aliphatic carbocycles. The van der Waals surface area contributed by atoms with Crippen molar-refractivity contribution < 1.29 is 13.4 Å². The fourth-order valence-corrected chi connectivity index (χ4v) is 4.76. The van der Waals surface area contributed by atoms with Gasteiger partial charge in [-0.25, -0.2) is 9.18 Å². The molecule has 0 aromatic heterocycles. The van der Waals surface area contributed by atoms with E-state index in [4.69, 9.17) is 0 Å². The van der Waals surface area contributed by atoms with Gasteiger partial charge in [-0.15, -0.1) is 0 Å². The van der Waals surface area contributed by atoms with Crippen molar-refractivity contribution >= 4 is 22.5 Å². The summed E-state index contributed by atoms with van der Waals surface area (Å²) in [6, 6.07) is 4.16. The summed E-state index contributed by atoms with van der Waals surface area (Å²) in [6.07, 6.45) is 9.99. The second-order valence-corrected chi connectivity index (χ2v) is 8.36. The molecule has 1 aromatic carbocycles. The molecule has 0 saturated heterocycles. The molecule has 1 aromatic rings. The third-order valence-corrected chi connectivity index (χ3v) is 6.32. The number of urea groups is 1. The highest BCUT2D eigenvalue weighted by Crippen LogP contribution is 2.40. The first-order valence-electron chi connectivity index (χ1n) is 8.73. The molecule has 2 N–H and O–H groups in total. The molecule has 0 bridgehead atoms. The molecule has 6 heteroatoms. The summed E-state index contributed by atoms with van der Waals surface area (Å²) < 4.78 is 25.2. The van der Waals surface area contributed by atoms with E-state index in [-0.39, 0.29) is 17.0 Å². The quantitative estimate of drug-likeness (QED) is 0.862. The number of nitrogens with one attached hydrogen (secondary N) is 2. The van der Waals surface area contributed by atoms with Crippen LogP contribution in [0.3, 0.4) is 0 Å². The number of benzene rings is 1. The highest BCUT2D eigenvalue weighted by atomic mass is 32.2. The number of rotatable bonds is 3. The van der Waals surface area contributed by atoms with Crippen LogP contribution >= 0.6 is 0 Å². The predicted molar refractivity (Wildman–Crippen MR) is 94.0 cm³/mol. The van der Waals surface area contributed by atoms with Gasteiger partial charge in [-0.3, -0.25) is 4.21 Å². The van der Waals surface area contributed by atoms with Crippen LogP contribution in [0.5, 0.6) is 0 Å². The van der Waals surface area contributed by atoms with Crippen molar-refractivity contribution in [3.05, 3.63) is 24.0 Å². The summed E-state index contributed by atoms with van der Waals surface area (Å²) in [6.45, 7) is 0. The van der Waals surface area contributed by atoms with E-state index in [2.05, 4.69) is 10.6 Å². The summed E-state index contributed by atoms with van der Waals surface area (Å²) >= 11 is 0. The number of carbonyl (C=O) groups excluding carboxylic acids is 1. The van der Waals surface area contributed by atoms with E-state index < -0.39 is 16.6 Å². The zero-order valence-electron chi connectivity index (χ0n) is 14.0. The van der Waals surface area contributed by atoms with E-state index in [1.165, 1.54) is 50.5 Å². The summed E-state index contributed by atoms with van der Waals surface area (Å²) in [5.74, 6) is 1.03. The Hall–Kier alpha value is -1.43. The van der Waals surface area contributed by atoms with Crippen molar-refractivity contribution in [2.75, 3.05) is 11.6 Å². The SMILES string of the molecule is CS(=O)c1ccc(NC(=O)NC2CCC3CCCCC3C2)cc1F. The Labute approximate surface area is 145 Å². The van der Waals surface area contributed by atoms with E-state index in [0.29, 0.717) is 5.69 Å². The summed E-state index contributed by atoms with van der Waals surface area (Å²) in [4.78, 5) is 12.3. The van der Waals surface area contributed by atoms with Gasteiger partial charge in [0.25, 0.3) is 0 Å². The second-order valence-electron chi connectivity index (χ2n) is 7.01. The van der Waals surface area contributed by atoms with E-state index in [1.807, 2.05) is 0 Å². The largest absolute Gasteiger partial charge is 0.335 e. The van der Waals surface area contributed by atoms with Gasteiger partial charge >= 0.3 is 6.03 Å². The Morgan fingerprint density at radius 2 is 1.92 bits per heavy atom. The van der Waals surface area contributed by atoms with Gasteiger partial charge in [0.05, 0.1) is 15.7 Å². The normalized spacial score (nSPS) is 27.8. The van der Waals surface area contributed by atoms with Crippen LogP contribution in [-0.4, -0.2) is 22.5 Å². The zero-order chi connectivity index (χ0) is 17.1. The Morgan fingerprint density at radius 1 is 1.17 bits per heavy atom. The van der Waals surface area contributed by atoms with Crippen molar-refractivity contribution in [3.63, 3.8) is 0 Å². The Balaban J connectivity index is 1.54. The van der Waals surface area contributed by atoms with Crippen LogP contribution in [0.15, 0.2) is 23.1 Å². The molecule has 4 unspecified atom stereocenters. The number of carbonyl (C=O) groups is 1. The molecule has 0 aliphatic heterocycles. The van der Waals surface area contributed by atoms with Crippen LogP contribution in [0.1, 0.15) is 44.9 Å². The van der Waals surface area contributed by atoms with Crippen LogP contribution < -0.4 is 10.6 Å². The molecule has 4 atom stereocenters.